The van der Waals surface area contributed by atoms with E-state index in [1.807, 2.05) is 42.6 Å². The van der Waals surface area contributed by atoms with Crippen LogP contribution in [0, 0.1) is 6.92 Å². The molecular weight excluding hydrogens is 324 g/mol. The van der Waals surface area contributed by atoms with Crippen molar-refractivity contribution in [2.75, 3.05) is 5.32 Å². The van der Waals surface area contributed by atoms with Gasteiger partial charge >= 0.3 is 0 Å². The summed E-state index contributed by atoms with van der Waals surface area (Å²) in [7, 11) is 0. The summed E-state index contributed by atoms with van der Waals surface area (Å²) in [5, 5.41) is 12.7. The van der Waals surface area contributed by atoms with Crippen LogP contribution in [0.15, 0.2) is 46.3 Å². The standard InChI is InChI=1S/C17H14N4O2S/c1-10-13(20-17(23-10)15-3-2-6-24-15)8-16(22)19-12-5-4-11-9-18-21-14(11)7-12/h2-7,9H,8H2,1H3,(H,18,21)(H,19,22). The molecule has 1 aromatic carbocycles. The number of benzene rings is 1. The third kappa shape index (κ3) is 2.81. The Morgan fingerprint density at radius 2 is 2.29 bits per heavy atom. The Morgan fingerprint density at radius 1 is 1.38 bits per heavy atom. The summed E-state index contributed by atoms with van der Waals surface area (Å²) in [6, 6.07) is 9.50. The van der Waals surface area contributed by atoms with Crippen LogP contribution in [0.25, 0.3) is 21.7 Å². The van der Waals surface area contributed by atoms with E-state index in [0.29, 0.717) is 17.3 Å². The van der Waals surface area contributed by atoms with Crippen molar-refractivity contribution in [3.8, 4) is 10.8 Å². The van der Waals surface area contributed by atoms with Gasteiger partial charge in [0.2, 0.25) is 11.8 Å². The lowest BCUT2D eigenvalue weighted by Crippen LogP contribution is -2.15. The Labute approximate surface area is 141 Å². The monoisotopic (exact) mass is 338 g/mol. The number of hydrogen-bond acceptors (Lipinski definition) is 5. The highest BCUT2D eigenvalue weighted by Gasteiger charge is 2.15. The fourth-order valence-electron chi connectivity index (χ4n) is 2.47. The highest BCUT2D eigenvalue weighted by Crippen LogP contribution is 2.26. The zero-order chi connectivity index (χ0) is 16.5. The number of amides is 1. The van der Waals surface area contributed by atoms with Gasteiger partial charge in [0.1, 0.15) is 5.76 Å². The maximum atomic E-state index is 12.3. The highest BCUT2D eigenvalue weighted by molar-refractivity contribution is 7.13. The molecular formula is C17H14N4O2S. The lowest BCUT2D eigenvalue weighted by molar-refractivity contribution is -0.115. The predicted octanol–water partition coefficient (Wildman–Crippen LogP) is 3.77. The number of H-pyrrole nitrogens is 1. The molecule has 0 unspecified atom stereocenters. The fourth-order valence-corrected chi connectivity index (χ4v) is 3.12. The maximum absolute atomic E-state index is 12.3. The van der Waals surface area contributed by atoms with Gasteiger partial charge in [-0.2, -0.15) is 5.10 Å². The number of nitrogens with zero attached hydrogens (tertiary/aromatic N) is 2. The minimum atomic E-state index is -0.136. The molecule has 0 fully saturated rings. The van der Waals surface area contributed by atoms with Gasteiger partial charge in [-0.15, -0.1) is 11.3 Å². The lowest BCUT2D eigenvalue weighted by atomic mass is 10.2. The van der Waals surface area contributed by atoms with Crippen molar-refractivity contribution in [3.63, 3.8) is 0 Å². The number of hydrogen-bond donors (Lipinski definition) is 2. The summed E-state index contributed by atoms with van der Waals surface area (Å²) in [5.41, 5.74) is 2.25. The fraction of sp³-hybridized carbons (Fsp3) is 0.118. The maximum Gasteiger partial charge on any atom is 0.236 e. The molecule has 0 atom stereocenters. The molecule has 4 rings (SSSR count). The molecule has 0 spiro atoms. The van der Waals surface area contributed by atoms with E-state index in [0.717, 1.165) is 21.5 Å². The van der Waals surface area contributed by atoms with Crippen molar-refractivity contribution >= 4 is 33.8 Å². The Kier molecular flexibility index (Phi) is 3.62. The van der Waals surface area contributed by atoms with Crippen LogP contribution in [0.1, 0.15) is 11.5 Å². The molecule has 0 aliphatic heterocycles. The summed E-state index contributed by atoms with van der Waals surface area (Å²) in [5.74, 6) is 1.09. The number of aryl methyl sites for hydroxylation is 1. The van der Waals surface area contributed by atoms with Crippen LogP contribution in [0.3, 0.4) is 0 Å². The number of thiophene rings is 1. The average Bonchev–Trinajstić information content (AvgIpc) is 3.28. The highest BCUT2D eigenvalue weighted by atomic mass is 32.1. The van der Waals surface area contributed by atoms with Gasteiger partial charge in [-0.1, -0.05) is 6.07 Å². The molecule has 24 heavy (non-hydrogen) atoms. The Balaban J connectivity index is 1.49. The summed E-state index contributed by atoms with van der Waals surface area (Å²) in [6.07, 6.45) is 1.91. The van der Waals surface area contributed by atoms with Crippen molar-refractivity contribution in [1.29, 1.82) is 0 Å². The first kappa shape index (κ1) is 14.6. The van der Waals surface area contributed by atoms with E-state index < -0.39 is 0 Å². The third-order valence-electron chi connectivity index (χ3n) is 3.68. The van der Waals surface area contributed by atoms with Crippen molar-refractivity contribution in [2.24, 2.45) is 0 Å². The van der Waals surface area contributed by atoms with E-state index >= 15 is 0 Å². The molecule has 0 saturated carbocycles. The van der Waals surface area contributed by atoms with E-state index in [1.165, 1.54) is 0 Å². The first-order valence-corrected chi connectivity index (χ1v) is 8.30. The molecule has 120 valence electrons. The molecule has 7 heteroatoms. The van der Waals surface area contributed by atoms with Crippen LogP contribution in [-0.2, 0) is 11.2 Å². The van der Waals surface area contributed by atoms with Gasteiger partial charge in [-0.25, -0.2) is 4.98 Å². The number of anilines is 1. The molecule has 0 bridgehead atoms. The first-order chi connectivity index (χ1) is 11.7. The zero-order valence-corrected chi connectivity index (χ0v) is 13.7. The molecule has 6 nitrogen and oxygen atoms in total. The number of carbonyl (C=O) groups excluding carboxylic acids is 1. The zero-order valence-electron chi connectivity index (χ0n) is 12.9. The number of nitrogens with one attached hydrogen (secondary N) is 2. The Bertz CT molecular complexity index is 1000. The van der Waals surface area contributed by atoms with Crippen molar-refractivity contribution in [1.82, 2.24) is 15.2 Å². The second-order valence-electron chi connectivity index (χ2n) is 5.40. The number of rotatable bonds is 4. The van der Waals surface area contributed by atoms with E-state index in [4.69, 9.17) is 4.42 Å². The summed E-state index contributed by atoms with van der Waals surface area (Å²) in [6.45, 7) is 1.82. The lowest BCUT2D eigenvalue weighted by Gasteiger charge is -2.04. The summed E-state index contributed by atoms with van der Waals surface area (Å²) in [4.78, 5) is 17.7. The second-order valence-corrected chi connectivity index (χ2v) is 6.34. The van der Waals surface area contributed by atoms with Crippen LogP contribution in [0.4, 0.5) is 5.69 Å². The van der Waals surface area contributed by atoms with E-state index in [-0.39, 0.29) is 12.3 Å². The number of carbonyl (C=O) groups is 1. The van der Waals surface area contributed by atoms with Crippen molar-refractivity contribution in [2.45, 2.75) is 13.3 Å². The van der Waals surface area contributed by atoms with Gasteiger partial charge in [-0.3, -0.25) is 9.89 Å². The van der Waals surface area contributed by atoms with Crippen molar-refractivity contribution in [3.05, 3.63) is 53.4 Å². The molecule has 0 aliphatic carbocycles. The molecule has 0 saturated heterocycles. The molecule has 4 aromatic rings. The quantitative estimate of drug-likeness (QED) is 0.593. The second kappa shape index (κ2) is 5.93. The molecule has 3 heterocycles. The van der Waals surface area contributed by atoms with Crippen molar-refractivity contribution < 1.29 is 9.21 Å². The van der Waals surface area contributed by atoms with E-state index in [9.17, 15) is 4.79 Å². The average molecular weight is 338 g/mol. The van der Waals surface area contributed by atoms with Crippen LogP contribution >= 0.6 is 11.3 Å². The number of oxazole rings is 1. The van der Waals surface area contributed by atoms with Crippen LogP contribution < -0.4 is 5.32 Å². The first-order valence-electron chi connectivity index (χ1n) is 7.42. The van der Waals surface area contributed by atoms with Gasteiger partial charge in [0, 0.05) is 11.1 Å². The minimum Gasteiger partial charge on any atom is -0.440 e. The molecule has 2 N–H and O–H groups in total. The van der Waals surface area contributed by atoms with E-state index in [2.05, 4.69) is 20.5 Å². The molecule has 1 amide bonds. The minimum absolute atomic E-state index is 0.136. The van der Waals surface area contributed by atoms with Gasteiger partial charge in [0.15, 0.2) is 0 Å². The SMILES string of the molecule is Cc1oc(-c2cccs2)nc1CC(=O)Nc1ccc2cn[nH]c2c1. The smallest absolute Gasteiger partial charge is 0.236 e. The molecule has 0 radical (unpaired) electrons. The van der Waals surface area contributed by atoms with Gasteiger partial charge in [-0.05, 0) is 36.6 Å². The van der Waals surface area contributed by atoms with Crippen LogP contribution in [0.5, 0.6) is 0 Å². The topological polar surface area (TPSA) is 83.8 Å². The number of aromatic amines is 1. The van der Waals surface area contributed by atoms with E-state index in [1.54, 1.807) is 17.5 Å². The van der Waals surface area contributed by atoms with Gasteiger partial charge in [0.25, 0.3) is 0 Å². The molecule has 0 aliphatic rings. The third-order valence-corrected chi connectivity index (χ3v) is 4.54. The summed E-state index contributed by atoms with van der Waals surface area (Å²) < 4.78 is 5.66. The Hall–Kier alpha value is -2.93. The number of fused-ring (bicyclic) bond motifs is 1. The van der Waals surface area contributed by atoms with Gasteiger partial charge in [0.05, 0.1) is 28.7 Å². The summed E-state index contributed by atoms with van der Waals surface area (Å²) >= 11 is 1.56. The normalized spacial score (nSPS) is 11.0. The Morgan fingerprint density at radius 3 is 3.12 bits per heavy atom. The molecule has 3 aromatic heterocycles. The van der Waals surface area contributed by atoms with Crippen LogP contribution in [0.2, 0.25) is 0 Å². The predicted molar refractivity (Wildman–Crippen MR) is 93.0 cm³/mol. The van der Waals surface area contributed by atoms with Crippen LogP contribution in [-0.4, -0.2) is 21.1 Å². The number of aromatic nitrogens is 3. The van der Waals surface area contributed by atoms with Gasteiger partial charge < -0.3 is 9.73 Å². The largest absolute Gasteiger partial charge is 0.440 e.